The van der Waals surface area contributed by atoms with Gasteiger partial charge in [-0.1, -0.05) is 13.8 Å². The summed E-state index contributed by atoms with van der Waals surface area (Å²) in [6.45, 7) is 12.3. The molecule has 18 heavy (non-hydrogen) atoms. The molecular formula is C14H28N4. The average Bonchev–Trinajstić information content (AvgIpc) is 2.71. The topological polar surface area (TPSA) is 47.1 Å². The van der Waals surface area contributed by atoms with Crippen LogP contribution in [0.15, 0.2) is 6.07 Å². The lowest BCUT2D eigenvalue weighted by atomic mass is 10.1. The Morgan fingerprint density at radius 1 is 1.33 bits per heavy atom. The fourth-order valence-electron chi connectivity index (χ4n) is 2.57. The number of hydrogen-bond donors (Lipinski definition) is 1. The van der Waals surface area contributed by atoms with Gasteiger partial charge >= 0.3 is 0 Å². The molecule has 1 aromatic heterocycles. The van der Waals surface area contributed by atoms with Gasteiger partial charge in [-0.25, -0.2) is 0 Å². The Hall–Kier alpha value is -0.870. The average molecular weight is 252 g/mol. The third kappa shape index (κ3) is 3.82. The molecule has 2 N–H and O–H groups in total. The van der Waals surface area contributed by atoms with E-state index in [9.17, 15) is 0 Å². The van der Waals surface area contributed by atoms with Gasteiger partial charge in [-0.05, 0) is 32.8 Å². The van der Waals surface area contributed by atoms with Crippen molar-refractivity contribution >= 4 is 0 Å². The van der Waals surface area contributed by atoms with Crippen LogP contribution in [0.3, 0.4) is 0 Å². The Labute approximate surface area is 111 Å². The monoisotopic (exact) mass is 252 g/mol. The zero-order valence-corrected chi connectivity index (χ0v) is 12.3. The third-order valence-corrected chi connectivity index (χ3v) is 3.53. The highest BCUT2D eigenvalue weighted by Crippen LogP contribution is 2.14. The number of nitrogens with zero attached hydrogens (tertiary/aromatic N) is 3. The van der Waals surface area contributed by atoms with Gasteiger partial charge in [0.1, 0.15) is 0 Å². The molecule has 0 amide bonds. The Kier molecular flexibility index (Phi) is 6.36. The highest BCUT2D eigenvalue weighted by atomic mass is 15.3. The van der Waals surface area contributed by atoms with Crippen molar-refractivity contribution < 1.29 is 0 Å². The molecule has 0 aliphatic rings. The van der Waals surface area contributed by atoms with Crippen LogP contribution in [-0.2, 0) is 13.1 Å². The second-order valence-corrected chi connectivity index (χ2v) is 4.82. The Morgan fingerprint density at radius 2 is 2.00 bits per heavy atom. The van der Waals surface area contributed by atoms with Crippen molar-refractivity contribution in [1.29, 1.82) is 0 Å². The molecule has 0 aliphatic carbocycles. The Bertz CT molecular complexity index is 342. The summed E-state index contributed by atoms with van der Waals surface area (Å²) in [5.41, 5.74) is 8.14. The maximum Gasteiger partial charge on any atom is 0.0597 e. The summed E-state index contributed by atoms with van der Waals surface area (Å²) in [6, 6.07) is 2.81. The van der Waals surface area contributed by atoms with Gasteiger partial charge in [0, 0.05) is 32.2 Å². The van der Waals surface area contributed by atoms with Gasteiger partial charge in [0.2, 0.25) is 0 Å². The Balaban J connectivity index is 2.81. The molecule has 4 nitrogen and oxygen atoms in total. The molecule has 0 saturated carbocycles. The van der Waals surface area contributed by atoms with E-state index < -0.39 is 0 Å². The fraction of sp³-hybridized carbons (Fsp3) is 0.786. The molecule has 0 aromatic carbocycles. The number of hydrogen-bond acceptors (Lipinski definition) is 3. The molecule has 0 aliphatic heterocycles. The van der Waals surface area contributed by atoms with Crippen LogP contribution >= 0.6 is 0 Å². The lowest BCUT2D eigenvalue weighted by molar-refractivity contribution is 0.177. The van der Waals surface area contributed by atoms with E-state index in [1.54, 1.807) is 0 Å². The molecule has 0 fully saturated rings. The van der Waals surface area contributed by atoms with Crippen molar-refractivity contribution in [2.24, 2.45) is 5.73 Å². The Morgan fingerprint density at radius 3 is 2.50 bits per heavy atom. The zero-order valence-electron chi connectivity index (χ0n) is 12.3. The molecule has 0 radical (unpaired) electrons. The standard InChI is InChI=1S/C14H28N4/c1-5-13(6-2)17(9-8-15)11-14-10-12(4)16-18(14)7-3/h10,13H,5-9,11,15H2,1-4H3. The zero-order chi connectivity index (χ0) is 13.5. The normalized spacial score (nSPS) is 11.7. The van der Waals surface area contributed by atoms with Crippen LogP contribution in [0.4, 0.5) is 0 Å². The molecule has 1 aromatic rings. The SMILES string of the molecule is CCC(CC)N(CCN)Cc1cc(C)nn1CC. The van der Waals surface area contributed by atoms with Crippen LogP contribution in [-0.4, -0.2) is 33.8 Å². The lowest BCUT2D eigenvalue weighted by Gasteiger charge is -2.30. The maximum absolute atomic E-state index is 5.74. The van der Waals surface area contributed by atoms with Gasteiger partial charge in [-0.15, -0.1) is 0 Å². The summed E-state index contributed by atoms with van der Waals surface area (Å²) in [6.07, 6.45) is 2.35. The van der Waals surface area contributed by atoms with Crippen LogP contribution in [0.25, 0.3) is 0 Å². The van der Waals surface area contributed by atoms with E-state index in [2.05, 4.69) is 48.4 Å². The quantitative estimate of drug-likeness (QED) is 0.771. The van der Waals surface area contributed by atoms with Crippen LogP contribution < -0.4 is 5.73 Å². The van der Waals surface area contributed by atoms with Gasteiger partial charge in [-0.2, -0.15) is 5.10 Å². The van der Waals surface area contributed by atoms with Crippen LogP contribution in [0.1, 0.15) is 45.0 Å². The third-order valence-electron chi connectivity index (χ3n) is 3.53. The van der Waals surface area contributed by atoms with Gasteiger partial charge in [0.25, 0.3) is 0 Å². The molecule has 0 saturated heterocycles. The first kappa shape index (κ1) is 15.2. The molecule has 1 rings (SSSR count). The number of aryl methyl sites for hydroxylation is 2. The van der Waals surface area contributed by atoms with E-state index in [1.807, 2.05) is 0 Å². The van der Waals surface area contributed by atoms with Gasteiger partial charge < -0.3 is 5.73 Å². The molecular weight excluding hydrogens is 224 g/mol. The summed E-state index contributed by atoms with van der Waals surface area (Å²) in [4.78, 5) is 2.49. The van der Waals surface area contributed by atoms with Crippen LogP contribution in [0.2, 0.25) is 0 Å². The number of aromatic nitrogens is 2. The minimum atomic E-state index is 0.620. The minimum Gasteiger partial charge on any atom is -0.329 e. The molecule has 1 heterocycles. The van der Waals surface area contributed by atoms with Crippen molar-refractivity contribution in [2.75, 3.05) is 13.1 Å². The molecule has 0 bridgehead atoms. The predicted molar refractivity (Wildman–Crippen MR) is 76.5 cm³/mol. The molecule has 0 unspecified atom stereocenters. The van der Waals surface area contributed by atoms with E-state index >= 15 is 0 Å². The number of nitrogens with two attached hydrogens (primary N) is 1. The summed E-state index contributed by atoms with van der Waals surface area (Å²) >= 11 is 0. The molecule has 4 heteroatoms. The summed E-state index contributed by atoms with van der Waals surface area (Å²) < 4.78 is 2.10. The van der Waals surface area contributed by atoms with Crippen molar-refractivity contribution in [3.8, 4) is 0 Å². The second kappa shape index (κ2) is 7.54. The first-order valence-corrected chi connectivity index (χ1v) is 7.13. The van der Waals surface area contributed by atoms with Crippen molar-refractivity contribution in [1.82, 2.24) is 14.7 Å². The van der Waals surface area contributed by atoms with Gasteiger partial charge in [-0.3, -0.25) is 9.58 Å². The van der Waals surface area contributed by atoms with Gasteiger partial charge in [0.15, 0.2) is 0 Å². The number of rotatable bonds is 8. The summed E-state index contributed by atoms with van der Waals surface area (Å²) in [7, 11) is 0. The first-order chi connectivity index (χ1) is 8.65. The van der Waals surface area contributed by atoms with E-state index in [-0.39, 0.29) is 0 Å². The van der Waals surface area contributed by atoms with E-state index in [4.69, 9.17) is 5.73 Å². The largest absolute Gasteiger partial charge is 0.329 e. The van der Waals surface area contributed by atoms with Crippen LogP contribution in [0.5, 0.6) is 0 Å². The predicted octanol–water partition coefficient (Wildman–Crippen LogP) is 2.16. The second-order valence-electron chi connectivity index (χ2n) is 4.82. The maximum atomic E-state index is 5.74. The molecule has 104 valence electrons. The van der Waals surface area contributed by atoms with E-state index in [0.717, 1.165) is 31.9 Å². The van der Waals surface area contributed by atoms with Crippen molar-refractivity contribution in [3.05, 3.63) is 17.5 Å². The fourth-order valence-corrected chi connectivity index (χ4v) is 2.57. The van der Waals surface area contributed by atoms with Crippen LogP contribution in [0, 0.1) is 6.92 Å². The van der Waals surface area contributed by atoms with E-state index in [0.29, 0.717) is 6.04 Å². The molecule has 0 spiro atoms. The molecule has 0 atom stereocenters. The van der Waals surface area contributed by atoms with E-state index in [1.165, 1.54) is 18.5 Å². The highest BCUT2D eigenvalue weighted by molar-refractivity contribution is 5.09. The highest BCUT2D eigenvalue weighted by Gasteiger charge is 2.16. The minimum absolute atomic E-state index is 0.620. The van der Waals surface area contributed by atoms with Crippen molar-refractivity contribution in [3.63, 3.8) is 0 Å². The smallest absolute Gasteiger partial charge is 0.0597 e. The van der Waals surface area contributed by atoms with Gasteiger partial charge in [0.05, 0.1) is 11.4 Å². The summed E-state index contributed by atoms with van der Waals surface area (Å²) in [5, 5.41) is 4.51. The summed E-state index contributed by atoms with van der Waals surface area (Å²) in [5.74, 6) is 0. The first-order valence-electron chi connectivity index (χ1n) is 7.13. The lowest BCUT2D eigenvalue weighted by Crippen LogP contribution is -2.38. The van der Waals surface area contributed by atoms with Crippen molar-refractivity contribution in [2.45, 2.75) is 59.7 Å².